The lowest BCUT2D eigenvalue weighted by Gasteiger charge is -2.18. The van der Waals surface area contributed by atoms with Crippen LogP contribution in [-0.2, 0) is 9.59 Å². The van der Waals surface area contributed by atoms with Crippen LogP contribution in [0.4, 0.5) is 11.5 Å². The molecular weight excluding hydrogens is 460 g/mol. The van der Waals surface area contributed by atoms with Gasteiger partial charge in [-0.3, -0.25) is 9.59 Å². The Balaban J connectivity index is 2.43. The SMILES string of the molecule is C=C/N=C(\N=C(/C/C=C(\C)c1c(C)c(OC)cc(OC)c1C)NC=O)Nc1ccc(C)nc1NC=O. The van der Waals surface area contributed by atoms with E-state index >= 15 is 0 Å². The second-order valence-electron chi connectivity index (χ2n) is 7.69. The number of rotatable bonds is 10. The van der Waals surface area contributed by atoms with Crippen LogP contribution in [-0.4, -0.2) is 43.8 Å². The molecule has 3 N–H and O–H groups in total. The number of anilines is 2. The summed E-state index contributed by atoms with van der Waals surface area (Å²) in [6.07, 6.45) is 4.64. The fraction of sp³-hybridized carbons (Fsp3) is 0.269. The summed E-state index contributed by atoms with van der Waals surface area (Å²) in [6, 6.07) is 5.37. The number of carbonyl (C=O) groups excluding carboxylic acids is 2. The normalized spacial score (nSPS) is 12.0. The van der Waals surface area contributed by atoms with Crippen LogP contribution in [0.2, 0.25) is 0 Å². The van der Waals surface area contributed by atoms with Gasteiger partial charge in [0.2, 0.25) is 18.8 Å². The molecule has 0 radical (unpaired) electrons. The Labute approximate surface area is 211 Å². The van der Waals surface area contributed by atoms with E-state index in [1.54, 1.807) is 33.3 Å². The van der Waals surface area contributed by atoms with Gasteiger partial charge in [0.25, 0.3) is 0 Å². The first-order valence-electron chi connectivity index (χ1n) is 11.1. The number of hydrogen-bond acceptors (Lipinski definition) is 6. The van der Waals surface area contributed by atoms with Crippen LogP contribution in [0.15, 0.2) is 47.0 Å². The molecule has 1 heterocycles. The van der Waals surface area contributed by atoms with Gasteiger partial charge in [0.05, 0.1) is 19.9 Å². The molecule has 0 bridgehead atoms. The van der Waals surface area contributed by atoms with Crippen molar-refractivity contribution in [1.29, 1.82) is 0 Å². The van der Waals surface area contributed by atoms with Crippen LogP contribution in [0.3, 0.4) is 0 Å². The zero-order chi connectivity index (χ0) is 26.7. The molecule has 2 aromatic rings. The fourth-order valence-corrected chi connectivity index (χ4v) is 3.68. The molecule has 0 fully saturated rings. The Morgan fingerprint density at radius 2 is 1.75 bits per heavy atom. The van der Waals surface area contributed by atoms with Crippen LogP contribution in [0.25, 0.3) is 5.57 Å². The summed E-state index contributed by atoms with van der Waals surface area (Å²) in [5, 5.41) is 8.18. The Morgan fingerprint density at radius 1 is 1.08 bits per heavy atom. The lowest BCUT2D eigenvalue weighted by Crippen LogP contribution is -2.24. The average Bonchev–Trinajstić information content (AvgIpc) is 2.85. The van der Waals surface area contributed by atoms with Gasteiger partial charge in [-0.25, -0.2) is 9.98 Å². The molecule has 0 aliphatic carbocycles. The number of aromatic nitrogens is 1. The highest BCUT2D eigenvalue weighted by molar-refractivity contribution is 6.06. The van der Waals surface area contributed by atoms with Gasteiger partial charge in [0.15, 0.2) is 5.82 Å². The van der Waals surface area contributed by atoms with E-state index in [2.05, 4.69) is 37.5 Å². The van der Waals surface area contributed by atoms with Crippen LogP contribution in [0.1, 0.15) is 35.7 Å². The van der Waals surface area contributed by atoms with Gasteiger partial charge >= 0.3 is 0 Å². The van der Waals surface area contributed by atoms with E-state index < -0.39 is 0 Å². The van der Waals surface area contributed by atoms with Crippen molar-refractivity contribution >= 4 is 41.7 Å². The van der Waals surface area contributed by atoms with Gasteiger partial charge < -0.3 is 25.4 Å². The molecule has 0 aliphatic rings. The molecule has 1 aromatic heterocycles. The second kappa shape index (κ2) is 13.4. The van der Waals surface area contributed by atoms with Crippen molar-refractivity contribution in [2.24, 2.45) is 9.98 Å². The zero-order valence-corrected chi connectivity index (χ0v) is 21.4. The number of ether oxygens (including phenoxy) is 2. The number of benzene rings is 1. The fourth-order valence-electron chi connectivity index (χ4n) is 3.68. The quantitative estimate of drug-likeness (QED) is 0.260. The minimum atomic E-state index is 0.149. The van der Waals surface area contributed by atoms with Crippen LogP contribution in [0.5, 0.6) is 11.5 Å². The smallest absolute Gasteiger partial charge is 0.228 e. The van der Waals surface area contributed by atoms with E-state index in [1.807, 2.05) is 32.9 Å². The van der Waals surface area contributed by atoms with Crippen molar-refractivity contribution in [2.75, 3.05) is 24.9 Å². The summed E-state index contributed by atoms with van der Waals surface area (Å²) in [6.45, 7) is 11.4. The van der Waals surface area contributed by atoms with Crippen LogP contribution < -0.4 is 25.4 Å². The summed E-state index contributed by atoms with van der Waals surface area (Å²) in [7, 11) is 3.23. The Kier molecular flexibility index (Phi) is 10.4. The standard InChI is InChI=1S/C26H32N6O4/c1-8-27-26(31-20-11-10-17(3)30-25(20)29-15-34)32-23(28-14-33)12-9-16(2)24-18(4)21(35-6)13-22(36-7)19(24)5/h8-11,13-15H,1,12H2,2-7H3,(H,29,30,34)(H2,27,28,31,32,33)/b16-9+. The van der Waals surface area contributed by atoms with E-state index in [-0.39, 0.29) is 5.96 Å². The highest BCUT2D eigenvalue weighted by Crippen LogP contribution is 2.36. The lowest BCUT2D eigenvalue weighted by atomic mass is 9.94. The lowest BCUT2D eigenvalue weighted by molar-refractivity contribution is -0.108. The Bertz CT molecular complexity index is 1190. The third-order valence-corrected chi connectivity index (χ3v) is 5.34. The summed E-state index contributed by atoms with van der Waals surface area (Å²) < 4.78 is 11.0. The second-order valence-corrected chi connectivity index (χ2v) is 7.69. The molecule has 0 atom stereocenters. The maximum absolute atomic E-state index is 11.3. The van der Waals surface area contributed by atoms with Gasteiger partial charge in [-0.15, -0.1) is 0 Å². The molecule has 0 unspecified atom stereocenters. The highest BCUT2D eigenvalue weighted by atomic mass is 16.5. The predicted molar refractivity (Wildman–Crippen MR) is 144 cm³/mol. The van der Waals surface area contributed by atoms with Crippen molar-refractivity contribution in [3.05, 3.63) is 59.4 Å². The van der Waals surface area contributed by atoms with Gasteiger partial charge in [-0.05, 0) is 62.1 Å². The molecule has 0 saturated heterocycles. The highest BCUT2D eigenvalue weighted by Gasteiger charge is 2.15. The first kappa shape index (κ1) is 27.8. The number of pyridine rings is 1. The molecule has 2 rings (SSSR count). The number of aliphatic imine (C=N–C) groups is 2. The molecule has 36 heavy (non-hydrogen) atoms. The Morgan fingerprint density at radius 3 is 2.31 bits per heavy atom. The number of nitrogens with one attached hydrogen (secondary N) is 3. The summed E-state index contributed by atoms with van der Waals surface area (Å²) in [5.41, 5.74) is 5.10. The Hall–Kier alpha value is -4.47. The van der Waals surface area contributed by atoms with Gasteiger partial charge in [0, 0.05) is 24.4 Å². The molecule has 0 saturated carbocycles. The van der Waals surface area contributed by atoms with E-state index in [1.165, 1.54) is 6.20 Å². The van der Waals surface area contributed by atoms with Crippen molar-refractivity contribution < 1.29 is 19.1 Å². The van der Waals surface area contributed by atoms with Crippen molar-refractivity contribution in [1.82, 2.24) is 10.3 Å². The van der Waals surface area contributed by atoms with Crippen molar-refractivity contribution in [3.63, 3.8) is 0 Å². The summed E-state index contributed by atoms with van der Waals surface area (Å²) in [5.74, 6) is 2.24. The van der Waals surface area contributed by atoms with Crippen molar-refractivity contribution in [3.8, 4) is 11.5 Å². The maximum Gasteiger partial charge on any atom is 0.228 e. The molecule has 0 spiro atoms. The number of guanidine groups is 1. The first-order chi connectivity index (χ1) is 17.3. The number of aryl methyl sites for hydroxylation is 1. The largest absolute Gasteiger partial charge is 0.496 e. The number of nitrogens with zero attached hydrogens (tertiary/aromatic N) is 3. The molecular formula is C26H32N6O4. The molecule has 190 valence electrons. The molecule has 10 nitrogen and oxygen atoms in total. The average molecular weight is 493 g/mol. The molecule has 1 aromatic carbocycles. The van der Waals surface area contributed by atoms with Crippen LogP contribution in [0, 0.1) is 20.8 Å². The number of amidine groups is 1. The van der Waals surface area contributed by atoms with Gasteiger partial charge in [-0.2, -0.15) is 4.99 Å². The number of methoxy groups -OCH3 is 2. The van der Waals surface area contributed by atoms with E-state index in [0.717, 1.165) is 39.5 Å². The van der Waals surface area contributed by atoms with E-state index in [4.69, 9.17) is 9.47 Å². The monoisotopic (exact) mass is 492 g/mol. The topological polar surface area (TPSA) is 126 Å². The molecule has 10 heteroatoms. The first-order valence-corrected chi connectivity index (χ1v) is 11.1. The number of allylic oxidation sites excluding steroid dienone is 1. The maximum atomic E-state index is 11.3. The predicted octanol–water partition coefficient (Wildman–Crippen LogP) is 4.14. The minimum absolute atomic E-state index is 0.149. The number of amides is 2. The van der Waals surface area contributed by atoms with Crippen molar-refractivity contribution in [2.45, 2.75) is 34.1 Å². The molecule has 2 amide bonds. The van der Waals surface area contributed by atoms with Crippen LogP contribution >= 0.6 is 0 Å². The van der Waals surface area contributed by atoms with Gasteiger partial charge in [-0.1, -0.05) is 12.7 Å². The third-order valence-electron chi connectivity index (χ3n) is 5.34. The minimum Gasteiger partial charge on any atom is -0.496 e. The summed E-state index contributed by atoms with van der Waals surface area (Å²) in [4.78, 5) is 35.2. The van der Waals surface area contributed by atoms with E-state index in [0.29, 0.717) is 36.6 Å². The number of hydrogen-bond donors (Lipinski definition) is 3. The number of carbonyl (C=O) groups is 2. The van der Waals surface area contributed by atoms with Gasteiger partial charge in [0.1, 0.15) is 17.3 Å². The summed E-state index contributed by atoms with van der Waals surface area (Å²) >= 11 is 0. The zero-order valence-electron chi connectivity index (χ0n) is 21.4. The third kappa shape index (κ3) is 7.02. The molecule has 0 aliphatic heterocycles. The van der Waals surface area contributed by atoms with E-state index in [9.17, 15) is 9.59 Å².